The number of carbonyl (C=O) groups excluding carboxylic acids is 2. The molecule has 3 rings (SSSR count). The molecule has 0 fully saturated rings. The average Bonchev–Trinajstić information content (AvgIpc) is 2.95. The second-order valence-electron chi connectivity index (χ2n) is 6.97. The second-order valence-corrected chi connectivity index (χ2v) is 7.41. The molecule has 1 heterocycles. The molecule has 30 heavy (non-hydrogen) atoms. The van der Waals surface area contributed by atoms with Crippen molar-refractivity contribution in [2.75, 3.05) is 25.1 Å². The minimum atomic E-state index is -0.442. The van der Waals surface area contributed by atoms with Crippen molar-refractivity contribution in [1.82, 2.24) is 4.90 Å². The van der Waals surface area contributed by atoms with Crippen LogP contribution in [0.1, 0.15) is 31.7 Å². The average molecular weight is 431 g/mol. The summed E-state index contributed by atoms with van der Waals surface area (Å²) in [6, 6.07) is 12.4. The van der Waals surface area contributed by atoms with Gasteiger partial charge in [-0.25, -0.2) is 4.39 Å². The molecule has 5 nitrogen and oxygen atoms in total. The number of benzene rings is 2. The highest BCUT2D eigenvalue weighted by Crippen LogP contribution is 2.31. The Kier molecular flexibility index (Phi) is 7.60. The van der Waals surface area contributed by atoms with Crippen LogP contribution < -0.4 is 5.32 Å². The largest absolute Gasteiger partial charge is 0.381 e. The fourth-order valence-electron chi connectivity index (χ4n) is 3.16. The molecule has 0 aromatic heterocycles. The molecule has 0 aliphatic carbocycles. The highest BCUT2D eigenvalue weighted by atomic mass is 35.5. The summed E-state index contributed by atoms with van der Waals surface area (Å²) in [5.74, 6) is -1.27. The fourth-order valence-corrected chi connectivity index (χ4v) is 3.29. The van der Waals surface area contributed by atoms with Gasteiger partial charge in [0.2, 0.25) is 0 Å². The normalized spacial score (nSPS) is 14.0. The molecule has 1 aliphatic heterocycles. The van der Waals surface area contributed by atoms with Gasteiger partial charge in [0.05, 0.1) is 5.57 Å². The van der Waals surface area contributed by atoms with Crippen molar-refractivity contribution in [2.45, 2.75) is 26.2 Å². The van der Waals surface area contributed by atoms with E-state index in [1.165, 1.54) is 23.1 Å². The molecule has 0 saturated heterocycles. The van der Waals surface area contributed by atoms with Crippen LogP contribution in [-0.2, 0) is 14.3 Å². The third kappa shape index (κ3) is 5.26. The summed E-state index contributed by atoms with van der Waals surface area (Å²) in [6.07, 6.45) is 2.57. The molecule has 1 N–H and O–H groups in total. The third-order valence-corrected chi connectivity index (χ3v) is 4.96. The van der Waals surface area contributed by atoms with E-state index in [9.17, 15) is 14.0 Å². The minimum Gasteiger partial charge on any atom is -0.381 e. The van der Waals surface area contributed by atoms with Crippen LogP contribution >= 0.6 is 11.6 Å². The molecule has 2 aromatic rings. The molecule has 2 amide bonds. The quantitative estimate of drug-likeness (QED) is 0.431. The molecular weight excluding hydrogens is 407 g/mol. The monoisotopic (exact) mass is 430 g/mol. The van der Waals surface area contributed by atoms with Crippen molar-refractivity contribution < 1.29 is 18.7 Å². The van der Waals surface area contributed by atoms with Crippen LogP contribution in [0.3, 0.4) is 0 Å². The first-order valence-corrected chi connectivity index (χ1v) is 10.4. The Labute approximate surface area is 180 Å². The lowest BCUT2D eigenvalue weighted by molar-refractivity contribution is -0.137. The number of anilines is 1. The van der Waals surface area contributed by atoms with Gasteiger partial charge in [-0.2, -0.15) is 0 Å². The van der Waals surface area contributed by atoms with Crippen molar-refractivity contribution in [1.29, 1.82) is 0 Å². The first-order chi connectivity index (χ1) is 14.5. The van der Waals surface area contributed by atoms with Gasteiger partial charge < -0.3 is 10.1 Å². The van der Waals surface area contributed by atoms with Crippen molar-refractivity contribution in [3.05, 3.63) is 70.6 Å². The van der Waals surface area contributed by atoms with Crippen molar-refractivity contribution in [3.63, 3.8) is 0 Å². The number of hydrogen-bond donors (Lipinski definition) is 1. The molecule has 0 radical (unpaired) electrons. The molecule has 7 heteroatoms. The number of imide groups is 1. The number of ether oxygens (including phenoxy) is 1. The summed E-state index contributed by atoms with van der Waals surface area (Å²) >= 11 is 5.97. The summed E-state index contributed by atoms with van der Waals surface area (Å²) < 4.78 is 19.1. The first-order valence-electron chi connectivity index (χ1n) is 9.98. The van der Waals surface area contributed by atoms with Gasteiger partial charge in [-0.05, 0) is 48.7 Å². The number of rotatable bonds is 10. The Morgan fingerprint density at radius 2 is 1.77 bits per heavy atom. The smallest absolute Gasteiger partial charge is 0.278 e. The zero-order valence-electron chi connectivity index (χ0n) is 16.8. The van der Waals surface area contributed by atoms with Crippen LogP contribution in [0, 0.1) is 5.82 Å². The maximum absolute atomic E-state index is 13.6. The molecule has 158 valence electrons. The SMILES string of the molecule is CCCCOCCCN1C(=O)C(Nc2cccc(F)c2)=C(c2ccc(Cl)cc2)C1=O. The Bertz CT molecular complexity index is 944. The van der Waals surface area contributed by atoms with Gasteiger partial charge in [-0.15, -0.1) is 0 Å². The Hall–Kier alpha value is -2.70. The van der Waals surface area contributed by atoms with Crippen LogP contribution in [0.4, 0.5) is 10.1 Å². The molecule has 0 saturated carbocycles. The van der Waals surface area contributed by atoms with E-state index < -0.39 is 17.6 Å². The van der Waals surface area contributed by atoms with Gasteiger partial charge in [0.1, 0.15) is 11.5 Å². The molecule has 0 atom stereocenters. The number of nitrogens with zero attached hydrogens (tertiary/aromatic N) is 1. The van der Waals surface area contributed by atoms with Crippen molar-refractivity contribution in [3.8, 4) is 0 Å². The van der Waals surface area contributed by atoms with Crippen LogP contribution in [-0.4, -0.2) is 36.5 Å². The molecule has 2 aromatic carbocycles. The van der Waals surface area contributed by atoms with Crippen LogP contribution in [0.25, 0.3) is 5.57 Å². The predicted octanol–water partition coefficient (Wildman–Crippen LogP) is 4.88. The Morgan fingerprint density at radius 3 is 2.47 bits per heavy atom. The molecule has 0 spiro atoms. The number of carbonyl (C=O) groups is 2. The number of unbranched alkanes of at least 4 members (excludes halogenated alkanes) is 1. The lowest BCUT2D eigenvalue weighted by atomic mass is 10.0. The zero-order valence-corrected chi connectivity index (χ0v) is 17.5. The maximum atomic E-state index is 13.6. The predicted molar refractivity (Wildman–Crippen MR) is 115 cm³/mol. The molecule has 0 unspecified atom stereocenters. The van der Waals surface area contributed by atoms with Gasteiger partial charge >= 0.3 is 0 Å². The number of hydrogen-bond acceptors (Lipinski definition) is 4. The highest BCUT2D eigenvalue weighted by Gasteiger charge is 2.38. The fraction of sp³-hybridized carbons (Fsp3) is 0.304. The molecule has 0 bridgehead atoms. The number of halogens is 2. The third-order valence-electron chi connectivity index (χ3n) is 4.71. The highest BCUT2D eigenvalue weighted by molar-refractivity contribution is 6.36. The van der Waals surface area contributed by atoms with Crippen molar-refractivity contribution in [2.24, 2.45) is 0 Å². The van der Waals surface area contributed by atoms with E-state index in [4.69, 9.17) is 16.3 Å². The summed E-state index contributed by atoms with van der Waals surface area (Å²) in [6.45, 7) is 3.47. The maximum Gasteiger partial charge on any atom is 0.278 e. The first kappa shape index (κ1) is 22.0. The van der Waals surface area contributed by atoms with Gasteiger partial charge in [-0.3, -0.25) is 14.5 Å². The standard InChI is InChI=1S/C23H24ClFN2O3/c1-2-3-13-30-14-5-12-27-22(28)20(16-8-10-17(24)11-9-16)21(23(27)29)26-19-7-4-6-18(25)15-19/h4,6-11,15,26H,2-3,5,12-14H2,1H3. The summed E-state index contributed by atoms with van der Waals surface area (Å²) in [5, 5.41) is 3.46. The Balaban J connectivity index is 1.82. The van der Waals surface area contributed by atoms with E-state index in [1.807, 2.05) is 0 Å². The van der Waals surface area contributed by atoms with E-state index in [0.29, 0.717) is 35.9 Å². The molecule has 1 aliphatic rings. The van der Waals surface area contributed by atoms with Gasteiger partial charge in [0.25, 0.3) is 11.8 Å². The van der Waals surface area contributed by atoms with Gasteiger partial charge in [-0.1, -0.05) is 43.1 Å². The van der Waals surface area contributed by atoms with Gasteiger partial charge in [0, 0.05) is 30.5 Å². The topological polar surface area (TPSA) is 58.6 Å². The van der Waals surface area contributed by atoms with E-state index >= 15 is 0 Å². The lowest BCUT2D eigenvalue weighted by Gasteiger charge is -2.15. The summed E-state index contributed by atoms with van der Waals surface area (Å²) in [5.41, 5.74) is 1.33. The zero-order chi connectivity index (χ0) is 21.5. The van der Waals surface area contributed by atoms with E-state index in [-0.39, 0.29) is 17.8 Å². The number of amides is 2. The van der Waals surface area contributed by atoms with Crippen LogP contribution in [0.5, 0.6) is 0 Å². The van der Waals surface area contributed by atoms with Crippen LogP contribution in [0.15, 0.2) is 54.2 Å². The van der Waals surface area contributed by atoms with Gasteiger partial charge in [0.15, 0.2) is 0 Å². The number of nitrogens with one attached hydrogen (secondary N) is 1. The van der Waals surface area contributed by atoms with E-state index in [2.05, 4.69) is 12.2 Å². The minimum absolute atomic E-state index is 0.125. The van der Waals surface area contributed by atoms with E-state index in [1.54, 1.807) is 30.3 Å². The lowest BCUT2D eigenvalue weighted by Crippen LogP contribution is -2.34. The Morgan fingerprint density at radius 1 is 1.03 bits per heavy atom. The van der Waals surface area contributed by atoms with Crippen LogP contribution in [0.2, 0.25) is 5.02 Å². The summed E-state index contributed by atoms with van der Waals surface area (Å²) in [4.78, 5) is 27.3. The second kappa shape index (κ2) is 10.4. The molecular formula is C23H24ClFN2O3. The van der Waals surface area contributed by atoms with Crippen molar-refractivity contribution >= 4 is 34.7 Å². The van der Waals surface area contributed by atoms with E-state index in [0.717, 1.165) is 12.8 Å². The summed E-state index contributed by atoms with van der Waals surface area (Å²) in [7, 11) is 0.